The third kappa shape index (κ3) is 2.46. The second-order valence-electron chi connectivity index (χ2n) is 4.97. The minimum Gasteiger partial charge on any atom is -0.490 e. The highest BCUT2D eigenvalue weighted by atomic mass is 16.5. The van der Waals surface area contributed by atoms with E-state index < -0.39 is 0 Å². The third-order valence-corrected chi connectivity index (χ3v) is 3.46. The Morgan fingerprint density at radius 1 is 1.29 bits per heavy atom. The van der Waals surface area contributed by atoms with Gasteiger partial charge in [-0.1, -0.05) is 12.1 Å². The highest BCUT2D eigenvalue weighted by Crippen LogP contribution is 2.33. The summed E-state index contributed by atoms with van der Waals surface area (Å²) in [5.41, 5.74) is 2.86. The Morgan fingerprint density at radius 2 is 2.14 bits per heavy atom. The zero-order valence-electron chi connectivity index (χ0n) is 11.7. The van der Waals surface area contributed by atoms with Crippen LogP contribution in [0.3, 0.4) is 0 Å². The molecular weight excluding hydrogens is 264 g/mol. The fourth-order valence-electron chi connectivity index (χ4n) is 2.42. The number of fused-ring (bicyclic) bond motifs is 1. The average molecular weight is 278 g/mol. The maximum absolute atomic E-state index is 12.7. The van der Waals surface area contributed by atoms with Crippen LogP contribution in [0.1, 0.15) is 21.5 Å². The van der Waals surface area contributed by atoms with Crippen LogP contribution in [-0.2, 0) is 0 Å². The Bertz CT molecular complexity index is 747. The minimum absolute atomic E-state index is 0.109. The van der Waals surface area contributed by atoms with E-state index >= 15 is 0 Å². The van der Waals surface area contributed by atoms with Gasteiger partial charge in [-0.05, 0) is 42.8 Å². The second kappa shape index (κ2) is 5.29. The summed E-state index contributed by atoms with van der Waals surface area (Å²) >= 11 is 0. The van der Waals surface area contributed by atoms with Crippen LogP contribution in [0.25, 0.3) is 0 Å². The molecule has 0 radical (unpaired) electrons. The van der Waals surface area contributed by atoms with Crippen LogP contribution in [0.4, 0.5) is 5.69 Å². The van der Waals surface area contributed by atoms with E-state index in [2.05, 4.69) is 6.07 Å². The maximum Gasteiger partial charge on any atom is 0.258 e. The molecule has 1 aliphatic heterocycles. The van der Waals surface area contributed by atoms with E-state index in [0.717, 1.165) is 17.0 Å². The first-order valence-electron chi connectivity index (χ1n) is 6.74. The number of carbonyl (C=O) groups is 1. The van der Waals surface area contributed by atoms with Crippen LogP contribution in [0.5, 0.6) is 5.75 Å². The van der Waals surface area contributed by atoms with Gasteiger partial charge in [-0.15, -0.1) is 0 Å². The molecule has 2 aromatic rings. The van der Waals surface area contributed by atoms with Gasteiger partial charge in [0.1, 0.15) is 12.4 Å². The van der Waals surface area contributed by atoms with E-state index in [-0.39, 0.29) is 5.91 Å². The van der Waals surface area contributed by atoms with Gasteiger partial charge in [0.05, 0.1) is 23.9 Å². The van der Waals surface area contributed by atoms with Crippen molar-refractivity contribution in [2.45, 2.75) is 6.92 Å². The van der Waals surface area contributed by atoms with Crippen LogP contribution >= 0.6 is 0 Å². The number of nitriles is 1. The molecule has 0 unspecified atom stereocenters. The maximum atomic E-state index is 12.7. The van der Waals surface area contributed by atoms with Gasteiger partial charge in [-0.3, -0.25) is 4.79 Å². The lowest BCUT2D eigenvalue weighted by molar-refractivity contribution is 0.0976. The SMILES string of the molecule is Cc1ccc2c(c1)N(C(=O)c1cccc(C#N)c1)CCO2. The molecule has 0 N–H and O–H groups in total. The minimum atomic E-state index is -0.109. The van der Waals surface area contributed by atoms with Crippen LogP contribution in [0, 0.1) is 18.3 Å². The number of hydrogen-bond acceptors (Lipinski definition) is 3. The molecule has 4 heteroatoms. The molecule has 2 aromatic carbocycles. The number of amides is 1. The lowest BCUT2D eigenvalue weighted by Gasteiger charge is -2.30. The summed E-state index contributed by atoms with van der Waals surface area (Å²) in [6, 6.07) is 14.6. The van der Waals surface area contributed by atoms with E-state index in [1.807, 2.05) is 25.1 Å². The molecule has 0 saturated heterocycles. The van der Waals surface area contributed by atoms with Crippen molar-refractivity contribution >= 4 is 11.6 Å². The van der Waals surface area contributed by atoms with Gasteiger partial charge in [0.2, 0.25) is 0 Å². The molecule has 1 aliphatic rings. The van der Waals surface area contributed by atoms with Crippen LogP contribution < -0.4 is 9.64 Å². The fourth-order valence-corrected chi connectivity index (χ4v) is 2.42. The molecule has 1 amide bonds. The Hall–Kier alpha value is -2.80. The predicted octanol–water partition coefficient (Wildman–Crippen LogP) is 2.91. The van der Waals surface area contributed by atoms with Crippen molar-refractivity contribution in [1.29, 1.82) is 5.26 Å². The number of rotatable bonds is 1. The zero-order chi connectivity index (χ0) is 14.8. The highest BCUT2D eigenvalue weighted by molar-refractivity contribution is 6.07. The molecule has 0 fully saturated rings. The number of hydrogen-bond donors (Lipinski definition) is 0. The van der Waals surface area contributed by atoms with Crippen molar-refractivity contribution in [3.8, 4) is 11.8 Å². The number of carbonyl (C=O) groups excluding carboxylic acids is 1. The molecule has 3 rings (SSSR count). The molecule has 0 atom stereocenters. The Kier molecular flexibility index (Phi) is 3.33. The predicted molar refractivity (Wildman–Crippen MR) is 79.5 cm³/mol. The van der Waals surface area contributed by atoms with Gasteiger partial charge in [0.25, 0.3) is 5.91 Å². The van der Waals surface area contributed by atoms with E-state index in [1.165, 1.54) is 0 Å². The van der Waals surface area contributed by atoms with Crippen molar-refractivity contribution in [3.05, 3.63) is 59.2 Å². The van der Waals surface area contributed by atoms with E-state index in [4.69, 9.17) is 10.00 Å². The standard InChI is InChI=1S/C17H14N2O2/c1-12-5-6-16-15(9-12)19(7-8-21-16)17(20)14-4-2-3-13(10-14)11-18/h2-6,9-10H,7-8H2,1H3. The summed E-state index contributed by atoms with van der Waals surface area (Å²) in [5, 5.41) is 8.95. The quantitative estimate of drug-likeness (QED) is 0.806. The number of benzene rings is 2. The van der Waals surface area contributed by atoms with Crippen LogP contribution in [0.2, 0.25) is 0 Å². The molecule has 0 aromatic heterocycles. The Morgan fingerprint density at radius 3 is 2.95 bits per heavy atom. The summed E-state index contributed by atoms with van der Waals surface area (Å²) in [5.74, 6) is 0.610. The summed E-state index contributed by atoms with van der Waals surface area (Å²) in [6.45, 7) is 2.96. The van der Waals surface area contributed by atoms with Crippen LogP contribution in [0.15, 0.2) is 42.5 Å². The van der Waals surface area contributed by atoms with Gasteiger partial charge in [-0.2, -0.15) is 5.26 Å². The number of aryl methyl sites for hydroxylation is 1. The smallest absolute Gasteiger partial charge is 0.258 e. The lowest BCUT2D eigenvalue weighted by atomic mass is 10.1. The fraction of sp³-hybridized carbons (Fsp3) is 0.176. The first-order chi connectivity index (χ1) is 10.2. The van der Waals surface area contributed by atoms with Gasteiger partial charge >= 0.3 is 0 Å². The molecule has 0 bridgehead atoms. The Labute approximate surface area is 123 Å². The molecule has 0 saturated carbocycles. The van der Waals surface area contributed by atoms with E-state index in [9.17, 15) is 4.79 Å². The molecule has 4 nitrogen and oxygen atoms in total. The zero-order valence-corrected chi connectivity index (χ0v) is 11.7. The van der Waals surface area contributed by atoms with Crippen molar-refractivity contribution in [2.75, 3.05) is 18.1 Å². The first-order valence-corrected chi connectivity index (χ1v) is 6.74. The van der Waals surface area contributed by atoms with Crippen molar-refractivity contribution in [1.82, 2.24) is 0 Å². The lowest BCUT2D eigenvalue weighted by Crippen LogP contribution is -2.38. The van der Waals surface area contributed by atoms with Crippen molar-refractivity contribution < 1.29 is 9.53 Å². The summed E-state index contributed by atoms with van der Waals surface area (Å²) in [7, 11) is 0. The number of ether oxygens (including phenoxy) is 1. The normalized spacial score (nSPS) is 13.0. The first kappa shape index (κ1) is 13.2. The second-order valence-corrected chi connectivity index (χ2v) is 4.97. The largest absolute Gasteiger partial charge is 0.490 e. The van der Waals surface area contributed by atoms with Crippen LogP contribution in [-0.4, -0.2) is 19.1 Å². The molecule has 1 heterocycles. The highest BCUT2D eigenvalue weighted by Gasteiger charge is 2.24. The number of anilines is 1. The van der Waals surface area contributed by atoms with E-state index in [1.54, 1.807) is 29.2 Å². The molecule has 104 valence electrons. The van der Waals surface area contributed by atoms with Gasteiger partial charge < -0.3 is 9.64 Å². The molecule has 21 heavy (non-hydrogen) atoms. The summed E-state index contributed by atoms with van der Waals surface area (Å²) in [6.07, 6.45) is 0. The molecule has 0 spiro atoms. The monoisotopic (exact) mass is 278 g/mol. The molecular formula is C17H14N2O2. The van der Waals surface area contributed by atoms with Gasteiger partial charge in [0, 0.05) is 5.56 Å². The topological polar surface area (TPSA) is 53.3 Å². The summed E-state index contributed by atoms with van der Waals surface area (Å²) < 4.78 is 5.59. The van der Waals surface area contributed by atoms with Gasteiger partial charge in [-0.25, -0.2) is 0 Å². The van der Waals surface area contributed by atoms with Gasteiger partial charge in [0.15, 0.2) is 0 Å². The van der Waals surface area contributed by atoms with Crippen molar-refractivity contribution in [2.24, 2.45) is 0 Å². The van der Waals surface area contributed by atoms with Crippen molar-refractivity contribution in [3.63, 3.8) is 0 Å². The van der Waals surface area contributed by atoms with E-state index in [0.29, 0.717) is 24.3 Å². The Balaban J connectivity index is 2.00. The summed E-state index contributed by atoms with van der Waals surface area (Å²) in [4.78, 5) is 14.4. The average Bonchev–Trinajstić information content (AvgIpc) is 2.53. The third-order valence-electron chi connectivity index (χ3n) is 3.46. The molecule has 0 aliphatic carbocycles. The number of nitrogens with zero attached hydrogens (tertiary/aromatic N) is 2.